The average molecular weight is 451 g/mol. The molecule has 0 saturated heterocycles. The summed E-state index contributed by atoms with van der Waals surface area (Å²) in [5.41, 5.74) is 10.0. The Kier molecular flexibility index (Phi) is 10.6. The molecule has 0 radical (unpaired) electrons. The van der Waals surface area contributed by atoms with E-state index in [-0.39, 0.29) is 11.9 Å². The summed E-state index contributed by atoms with van der Waals surface area (Å²) in [6.07, 6.45) is 8.45. The lowest BCUT2D eigenvalue weighted by molar-refractivity contribution is 0.0944. The van der Waals surface area contributed by atoms with Crippen molar-refractivity contribution in [3.8, 4) is 0 Å². The molecule has 0 saturated carbocycles. The molecule has 0 aromatic carbocycles. The van der Waals surface area contributed by atoms with Crippen LogP contribution in [-0.2, 0) is 6.54 Å². The quantitative estimate of drug-likeness (QED) is 0.541. The van der Waals surface area contributed by atoms with Crippen LogP contribution in [0.3, 0.4) is 0 Å². The topological polar surface area (TPSA) is 105 Å². The highest BCUT2D eigenvalue weighted by Gasteiger charge is 2.24. The molecule has 7 heteroatoms. The van der Waals surface area contributed by atoms with Gasteiger partial charge < -0.3 is 21.7 Å². The van der Waals surface area contributed by atoms with E-state index in [1.165, 1.54) is 11.1 Å². The van der Waals surface area contributed by atoms with Crippen molar-refractivity contribution in [2.45, 2.75) is 53.6 Å². The normalized spacial score (nSPS) is 18.7. The van der Waals surface area contributed by atoms with Crippen molar-refractivity contribution >= 4 is 17.5 Å². The molecule has 2 atom stereocenters. The van der Waals surface area contributed by atoms with Gasteiger partial charge in [0.25, 0.3) is 5.91 Å². The Bertz CT molecular complexity index is 969. The van der Waals surface area contributed by atoms with Crippen molar-refractivity contribution in [1.29, 1.82) is 0 Å². The minimum absolute atomic E-state index is 0.0126. The molecular weight excluding hydrogens is 412 g/mol. The van der Waals surface area contributed by atoms with Crippen LogP contribution in [-0.4, -0.2) is 35.0 Å². The van der Waals surface area contributed by atoms with Gasteiger partial charge in [-0.15, -0.1) is 0 Å². The number of nitrogen functional groups attached to an aromatic ring is 1. The van der Waals surface area contributed by atoms with Gasteiger partial charge in [-0.2, -0.15) is 0 Å². The zero-order chi connectivity index (χ0) is 24.2. The van der Waals surface area contributed by atoms with E-state index in [0.29, 0.717) is 29.7 Å². The number of anilines is 2. The summed E-state index contributed by atoms with van der Waals surface area (Å²) in [6, 6.07) is 7.22. The second-order valence-corrected chi connectivity index (χ2v) is 7.58. The molecule has 2 aliphatic rings. The molecule has 2 aromatic rings. The monoisotopic (exact) mass is 450 g/mol. The van der Waals surface area contributed by atoms with E-state index >= 15 is 0 Å². The number of nitrogens with one attached hydrogen (secondary N) is 3. The van der Waals surface area contributed by atoms with Crippen molar-refractivity contribution in [1.82, 2.24) is 20.6 Å². The van der Waals surface area contributed by atoms with E-state index in [9.17, 15) is 4.79 Å². The van der Waals surface area contributed by atoms with Crippen LogP contribution in [0.15, 0.2) is 60.0 Å². The number of carbonyl (C=O) groups excluding carboxylic acids is 1. The second-order valence-electron chi connectivity index (χ2n) is 7.58. The predicted molar refractivity (Wildman–Crippen MR) is 137 cm³/mol. The highest BCUT2D eigenvalue weighted by atomic mass is 16.1. The van der Waals surface area contributed by atoms with Gasteiger partial charge in [0, 0.05) is 32.0 Å². The number of nitrogens with zero attached hydrogens (tertiary/aromatic N) is 2. The summed E-state index contributed by atoms with van der Waals surface area (Å²) in [5, 5.41) is 9.81. The number of carbonyl (C=O) groups is 1. The van der Waals surface area contributed by atoms with Gasteiger partial charge in [0.05, 0.1) is 11.6 Å². The van der Waals surface area contributed by atoms with Crippen LogP contribution in [0.25, 0.3) is 0 Å². The SMILES string of the molecule is CC.CC.CC1CNCC2=C1C=CC(NC(=O)c1cccnc1NCc1ccnc(N)c1)C2. The zero-order valence-electron chi connectivity index (χ0n) is 20.5. The molecule has 0 bridgehead atoms. The molecule has 7 nitrogen and oxygen atoms in total. The minimum Gasteiger partial charge on any atom is -0.384 e. The number of allylic oxidation sites excluding steroid dienone is 1. The fourth-order valence-electron chi connectivity index (χ4n) is 3.89. The standard InChI is InChI=1S/C22H26N6O.2C2H6/c1-14-11-24-13-16-10-17(4-5-18(14)16)28-22(29)19-3-2-7-26-21(19)27-12-15-6-8-25-20(23)9-15;2*1-2/h2-9,14,17,24H,10-13H2,1H3,(H2,23,25)(H,26,27)(H,28,29);2*1-2H3. The number of amides is 1. The Morgan fingerprint density at radius 2 is 1.97 bits per heavy atom. The minimum atomic E-state index is -0.134. The number of pyridine rings is 2. The first kappa shape index (κ1) is 26.1. The van der Waals surface area contributed by atoms with E-state index in [1.807, 2.05) is 33.8 Å². The summed E-state index contributed by atoms with van der Waals surface area (Å²) in [5.74, 6) is 1.40. The van der Waals surface area contributed by atoms with Gasteiger partial charge in [-0.25, -0.2) is 9.97 Å². The Labute approximate surface area is 198 Å². The van der Waals surface area contributed by atoms with Crippen LogP contribution in [0.1, 0.15) is 57.0 Å². The van der Waals surface area contributed by atoms with Gasteiger partial charge in [-0.3, -0.25) is 4.79 Å². The van der Waals surface area contributed by atoms with Gasteiger partial charge >= 0.3 is 0 Å². The highest BCUT2D eigenvalue weighted by molar-refractivity contribution is 5.99. The third kappa shape index (κ3) is 7.15. The van der Waals surface area contributed by atoms with Gasteiger partial charge in [-0.1, -0.05) is 52.3 Å². The van der Waals surface area contributed by atoms with Gasteiger partial charge in [0.2, 0.25) is 0 Å². The van der Waals surface area contributed by atoms with Crippen LogP contribution < -0.4 is 21.7 Å². The zero-order valence-corrected chi connectivity index (χ0v) is 20.5. The van der Waals surface area contributed by atoms with Crippen molar-refractivity contribution < 1.29 is 4.79 Å². The molecule has 33 heavy (non-hydrogen) atoms. The molecule has 2 aromatic heterocycles. The Morgan fingerprint density at radius 1 is 1.18 bits per heavy atom. The molecule has 5 N–H and O–H groups in total. The Morgan fingerprint density at radius 3 is 2.73 bits per heavy atom. The van der Waals surface area contributed by atoms with Crippen molar-refractivity contribution in [3.63, 3.8) is 0 Å². The first-order valence-corrected chi connectivity index (χ1v) is 11.9. The largest absolute Gasteiger partial charge is 0.384 e. The maximum atomic E-state index is 12.9. The Hall–Kier alpha value is -3.19. The molecule has 2 unspecified atom stereocenters. The fourth-order valence-corrected chi connectivity index (χ4v) is 3.89. The maximum absolute atomic E-state index is 12.9. The van der Waals surface area contributed by atoms with E-state index < -0.39 is 0 Å². The first-order valence-electron chi connectivity index (χ1n) is 11.9. The van der Waals surface area contributed by atoms with Crippen molar-refractivity contribution in [3.05, 3.63) is 71.1 Å². The first-order chi connectivity index (χ1) is 16.1. The number of hydrogen-bond acceptors (Lipinski definition) is 6. The summed E-state index contributed by atoms with van der Waals surface area (Å²) in [7, 11) is 0. The molecular formula is C26H38N6O. The molecule has 1 aliphatic heterocycles. The molecule has 1 aliphatic carbocycles. The maximum Gasteiger partial charge on any atom is 0.255 e. The number of aromatic nitrogens is 2. The summed E-state index contributed by atoms with van der Waals surface area (Å²) in [4.78, 5) is 21.3. The van der Waals surface area contributed by atoms with Crippen LogP contribution in [0.4, 0.5) is 11.6 Å². The lowest BCUT2D eigenvalue weighted by Gasteiger charge is -2.31. The van der Waals surface area contributed by atoms with E-state index in [2.05, 4.69) is 45.0 Å². The van der Waals surface area contributed by atoms with E-state index in [4.69, 9.17) is 5.73 Å². The van der Waals surface area contributed by atoms with Gasteiger partial charge in [0.1, 0.15) is 11.6 Å². The predicted octanol–water partition coefficient (Wildman–Crippen LogP) is 4.32. The molecule has 4 rings (SSSR count). The lowest BCUT2D eigenvalue weighted by atomic mass is 9.85. The van der Waals surface area contributed by atoms with Crippen molar-refractivity contribution in [2.75, 3.05) is 24.1 Å². The van der Waals surface area contributed by atoms with Crippen LogP contribution in [0.5, 0.6) is 0 Å². The average Bonchev–Trinajstić information content (AvgIpc) is 2.85. The molecule has 178 valence electrons. The van der Waals surface area contributed by atoms with E-state index in [0.717, 1.165) is 25.1 Å². The van der Waals surface area contributed by atoms with E-state index in [1.54, 1.807) is 30.6 Å². The van der Waals surface area contributed by atoms with Crippen molar-refractivity contribution in [2.24, 2.45) is 5.92 Å². The fraction of sp³-hybridized carbons (Fsp3) is 0.423. The molecule has 1 amide bonds. The lowest BCUT2D eigenvalue weighted by Crippen LogP contribution is -2.39. The second kappa shape index (κ2) is 13.4. The third-order valence-electron chi connectivity index (χ3n) is 5.38. The smallest absolute Gasteiger partial charge is 0.255 e. The Balaban J connectivity index is 0.000000914. The van der Waals surface area contributed by atoms with Gasteiger partial charge in [-0.05, 0) is 47.7 Å². The summed E-state index contributed by atoms with van der Waals surface area (Å²) in [6.45, 7) is 12.6. The highest BCUT2D eigenvalue weighted by Crippen LogP contribution is 2.27. The van der Waals surface area contributed by atoms with Crippen LogP contribution >= 0.6 is 0 Å². The summed E-state index contributed by atoms with van der Waals surface area (Å²) >= 11 is 0. The molecule has 0 fully saturated rings. The summed E-state index contributed by atoms with van der Waals surface area (Å²) < 4.78 is 0. The number of hydrogen-bond donors (Lipinski definition) is 4. The molecule has 3 heterocycles. The van der Waals surface area contributed by atoms with Crippen LogP contribution in [0, 0.1) is 5.92 Å². The number of rotatable bonds is 5. The number of nitrogens with two attached hydrogens (primary N) is 1. The van der Waals surface area contributed by atoms with Crippen LogP contribution in [0.2, 0.25) is 0 Å². The third-order valence-corrected chi connectivity index (χ3v) is 5.38. The molecule has 0 spiro atoms. The van der Waals surface area contributed by atoms with Gasteiger partial charge in [0.15, 0.2) is 0 Å².